The highest BCUT2D eigenvalue weighted by Gasteiger charge is 2.17. The summed E-state index contributed by atoms with van der Waals surface area (Å²) in [4.78, 5) is 24.5. The van der Waals surface area contributed by atoms with Crippen molar-refractivity contribution in [2.45, 2.75) is 26.3 Å². The number of aryl methyl sites for hydroxylation is 1. The quantitative estimate of drug-likeness (QED) is 0.811. The number of carbonyl (C=O) groups is 2. The summed E-state index contributed by atoms with van der Waals surface area (Å²) in [6.07, 6.45) is 1.03. The summed E-state index contributed by atoms with van der Waals surface area (Å²) in [5.41, 5.74) is 0.473. The van der Waals surface area contributed by atoms with Crippen LogP contribution in [0.5, 0.6) is 0 Å². The number of carbonyl (C=O) groups excluding carboxylic acids is 1. The molecule has 1 aliphatic heterocycles. The van der Waals surface area contributed by atoms with Crippen molar-refractivity contribution in [1.82, 2.24) is 19.9 Å². The van der Waals surface area contributed by atoms with Gasteiger partial charge in [0.1, 0.15) is 0 Å². The van der Waals surface area contributed by atoms with Crippen molar-refractivity contribution in [2.24, 2.45) is 0 Å². The van der Waals surface area contributed by atoms with Gasteiger partial charge in [0.05, 0.1) is 18.9 Å². The molecular formula is C12H18N4O4. The Bertz CT molecular complexity index is 494. The molecule has 1 fully saturated rings. The molecule has 0 bridgehead atoms. The number of aromatic nitrogens is 3. The summed E-state index contributed by atoms with van der Waals surface area (Å²) in [7, 11) is 0. The standard InChI is InChI=1S/C12H18N4O4/c1-9-11(12(18)19)13-14-16(9)4-2-3-10(17)15-5-7-20-8-6-15/h2-8H2,1H3,(H,18,19). The van der Waals surface area contributed by atoms with Crippen LogP contribution < -0.4 is 0 Å². The molecule has 1 aromatic heterocycles. The smallest absolute Gasteiger partial charge is 0.358 e. The first-order valence-electron chi connectivity index (χ1n) is 6.58. The highest BCUT2D eigenvalue weighted by molar-refractivity contribution is 5.86. The fraction of sp³-hybridized carbons (Fsp3) is 0.667. The van der Waals surface area contributed by atoms with Gasteiger partial charge in [0.15, 0.2) is 5.69 Å². The van der Waals surface area contributed by atoms with E-state index in [1.165, 1.54) is 4.68 Å². The van der Waals surface area contributed by atoms with Gasteiger partial charge in [-0.05, 0) is 13.3 Å². The lowest BCUT2D eigenvalue weighted by atomic mass is 10.2. The van der Waals surface area contributed by atoms with E-state index in [0.717, 1.165) is 0 Å². The van der Waals surface area contributed by atoms with Crippen LogP contribution >= 0.6 is 0 Å². The van der Waals surface area contributed by atoms with E-state index < -0.39 is 5.97 Å². The zero-order valence-corrected chi connectivity index (χ0v) is 11.4. The van der Waals surface area contributed by atoms with Gasteiger partial charge < -0.3 is 14.7 Å². The van der Waals surface area contributed by atoms with Crippen LogP contribution in [0.1, 0.15) is 29.0 Å². The van der Waals surface area contributed by atoms with Crippen molar-refractivity contribution >= 4 is 11.9 Å². The number of aromatic carboxylic acids is 1. The van der Waals surface area contributed by atoms with Crippen LogP contribution in [0.4, 0.5) is 0 Å². The topological polar surface area (TPSA) is 97.5 Å². The lowest BCUT2D eigenvalue weighted by molar-refractivity contribution is -0.135. The SMILES string of the molecule is Cc1c(C(=O)O)nnn1CCCC(=O)N1CCOCC1. The van der Waals surface area contributed by atoms with Crippen LogP contribution in [0.25, 0.3) is 0 Å². The Morgan fingerprint density at radius 1 is 1.35 bits per heavy atom. The van der Waals surface area contributed by atoms with E-state index >= 15 is 0 Å². The van der Waals surface area contributed by atoms with Crippen molar-refractivity contribution in [3.8, 4) is 0 Å². The number of hydrogen-bond acceptors (Lipinski definition) is 5. The predicted octanol–water partition coefficient (Wildman–Crippen LogP) is -0.0763. The Balaban J connectivity index is 1.80. The molecule has 1 saturated heterocycles. The van der Waals surface area contributed by atoms with Gasteiger partial charge in [0.25, 0.3) is 0 Å². The number of ether oxygens (including phenoxy) is 1. The number of carboxylic acids is 1. The van der Waals surface area contributed by atoms with Gasteiger partial charge in [-0.1, -0.05) is 5.21 Å². The molecule has 0 aliphatic carbocycles. The molecule has 0 atom stereocenters. The van der Waals surface area contributed by atoms with Gasteiger partial charge in [0.2, 0.25) is 5.91 Å². The summed E-state index contributed by atoms with van der Waals surface area (Å²) in [6, 6.07) is 0. The number of morpholine rings is 1. The molecule has 0 radical (unpaired) electrons. The first kappa shape index (κ1) is 14.4. The van der Waals surface area contributed by atoms with E-state index in [2.05, 4.69) is 10.3 Å². The van der Waals surface area contributed by atoms with Crippen LogP contribution in [0.3, 0.4) is 0 Å². The zero-order chi connectivity index (χ0) is 14.5. The molecule has 0 aromatic carbocycles. The molecule has 0 unspecified atom stereocenters. The van der Waals surface area contributed by atoms with Crippen molar-refractivity contribution in [3.05, 3.63) is 11.4 Å². The minimum absolute atomic E-state index is 0.0375. The lowest BCUT2D eigenvalue weighted by Crippen LogP contribution is -2.40. The van der Waals surface area contributed by atoms with E-state index in [1.807, 2.05) is 0 Å². The van der Waals surface area contributed by atoms with Crippen LogP contribution in [-0.4, -0.2) is 63.2 Å². The summed E-state index contributed by atoms with van der Waals surface area (Å²) in [5, 5.41) is 16.3. The number of amides is 1. The summed E-state index contributed by atoms with van der Waals surface area (Å²) in [6.45, 7) is 4.62. The molecule has 110 valence electrons. The molecule has 2 rings (SSSR count). The average Bonchev–Trinajstić information content (AvgIpc) is 2.81. The van der Waals surface area contributed by atoms with Crippen molar-refractivity contribution in [3.63, 3.8) is 0 Å². The molecule has 1 aliphatic rings. The number of hydrogen-bond donors (Lipinski definition) is 1. The first-order chi connectivity index (χ1) is 9.59. The Morgan fingerprint density at radius 3 is 2.65 bits per heavy atom. The lowest BCUT2D eigenvalue weighted by Gasteiger charge is -2.26. The monoisotopic (exact) mass is 282 g/mol. The number of rotatable bonds is 5. The fourth-order valence-corrected chi connectivity index (χ4v) is 2.12. The van der Waals surface area contributed by atoms with E-state index in [9.17, 15) is 9.59 Å². The second kappa shape index (κ2) is 6.47. The van der Waals surface area contributed by atoms with Crippen molar-refractivity contribution in [2.75, 3.05) is 26.3 Å². The third kappa shape index (κ3) is 3.32. The van der Waals surface area contributed by atoms with E-state index in [-0.39, 0.29) is 11.6 Å². The highest BCUT2D eigenvalue weighted by atomic mass is 16.5. The molecule has 2 heterocycles. The van der Waals surface area contributed by atoms with Crippen molar-refractivity contribution in [1.29, 1.82) is 0 Å². The molecule has 8 heteroatoms. The van der Waals surface area contributed by atoms with Gasteiger partial charge in [0, 0.05) is 26.1 Å². The van der Waals surface area contributed by atoms with Crippen LogP contribution in [-0.2, 0) is 16.1 Å². The van der Waals surface area contributed by atoms with Gasteiger partial charge in [-0.15, -0.1) is 5.10 Å². The first-order valence-corrected chi connectivity index (χ1v) is 6.58. The Kier molecular flexibility index (Phi) is 4.67. The molecule has 20 heavy (non-hydrogen) atoms. The maximum absolute atomic E-state index is 11.9. The Morgan fingerprint density at radius 2 is 2.05 bits per heavy atom. The number of nitrogens with zero attached hydrogens (tertiary/aromatic N) is 4. The summed E-state index contributed by atoms with van der Waals surface area (Å²) >= 11 is 0. The van der Waals surface area contributed by atoms with Gasteiger partial charge in [-0.3, -0.25) is 4.79 Å². The van der Waals surface area contributed by atoms with Gasteiger partial charge >= 0.3 is 5.97 Å². The normalized spacial score (nSPS) is 15.3. The highest BCUT2D eigenvalue weighted by Crippen LogP contribution is 2.07. The predicted molar refractivity (Wildman–Crippen MR) is 68.4 cm³/mol. The largest absolute Gasteiger partial charge is 0.476 e. The minimum atomic E-state index is -1.09. The van der Waals surface area contributed by atoms with Crippen molar-refractivity contribution < 1.29 is 19.4 Å². The van der Waals surface area contributed by atoms with Gasteiger partial charge in [-0.2, -0.15) is 0 Å². The third-order valence-electron chi connectivity index (χ3n) is 3.31. The van der Waals surface area contributed by atoms with E-state index in [4.69, 9.17) is 9.84 Å². The molecule has 0 spiro atoms. The molecule has 1 aromatic rings. The molecular weight excluding hydrogens is 264 g/mol. The van der Waals surface area contributed by atoms with Crippen LogP contribution in [0, 0.1) is 6.92 Å². The number of carboxylic acid groups (broad SMARTS) is 1. The Hall–Kier alpha value is -1.96. The third-order valence-corrected chi connectivity index (χ3v) is 3.31. The summed E-state index contributed by atoms with van der Waals surface area (Å²) in [5.74, 6) is -0.984. The minimum Gasteiger partial charge on any atom is -0.476 e. The second-order valence-corrected chi connectivity index (χ2v) is 4.65. The van der Waals surface area contributed by atoms with Crippen LogP contribution in [0.15, 0.2) is 0 Å². The summed E-state index contributed by atoms with van der Waals surface area (Å²) < 4.78 is 6.72. The van der Waals surface area contributed by atoms with Crippen LogP contribution in [0.2, 0.25) is 0 Å². The Labute approximate surface area is 116 Å². The molecule has 0 saturated carbocycles. The maximum atomic E-state index is 11.9. The zero-order valence-electron chi connectivity index (χ0n) is 11.4. The second-order valence-electron chi connectivity index (χ2n) is 4.65. The fourth-order valence-electron chi connectivity index (χ4n) is 2.12. The van der Waals surface area contributed by atoms with E-state index in [1.54, 1.807) is 11.8 Å². The average molecular weight is 282 g/mol. The van der Waals surface area contributed by atoms with E-state index in [0.29, 0.717) is 51.4 Å². The van der Waals surface area contributed by atoms with Gasteiger partial charge in [-0.25, -0.2) is 9.48 Å². The molecule has 1 N–H and O–H groups in total. The molecule has 8 nitrogen and oxygen atoms in total. The maximum Gasteiger partial charge on any atom is 0.358 e. The molecule has 1 amide bonds.